The largest absolute Gasteiger partial charge is 0.468 e. The van der Waals surface area contributed by atoms with Crippen LogP contribution in [0.2, 0.25) is 0 Å². The first-order chi connectivity index (χ1) is 8.51. The van der Waals surface area contributed by atoms with Crippen molar-refractivity contribution in [3.8, 4) is 0 Å². The lowest BCUT2D eigenvalue weighted by atomic mass is 9.75. The molecule has 1 aromatic rings. The Morgan fingerprint density at radius 2 is 2.06 bits per heavy atom. The third-order valence-corrected chi connectivity index (χ3v) is 3.80. The van der Waals surface area contributed by atoms with Crippen LogP contribution < -0.4 is 5.73 Å². The lowest BCUT2D eigenvalue weighted by molar-refractivity contribution is -0.188. The number of ether oxygens (including phenoxy) is 2. The number of esters is 1. The van der Waals surface area contributed by atoms with E-state index in [0.717, 1.165) is 5.56 Å². The SMILES string of the molecule is COC(=O)C1(C(N)c2ccc(C)c(C)c2)COC1. The molecule has 4 heteroatoms. The topological polar surface area (TPSA) is 61.5 Å². The third kappa shape index (κ3) is 1.91. The predicted molar refractivity (Wildman–Crippen MR) is 68.1 cm³/mol. The minimum atomic E-state index is -0.726. The fourth-order valence-corrected chi connectivity index (χ4v) is 2.23. The van der Waals surface area contributed by atoms with Gasteiger partial charge in [-0.15, -0.1) is 0 Å². The van der Waals surface area contributed by atoms with E-state index in [0.29, 0.717) is 13.2 Å². The van der Waals surface area contributed by atoms with Crippen LogP contribution in [0.25, 0.3) is 0 Å². The van der Waals surface area contributed by atoms with Crippen LogP contribution in [0.1, 0.15) is 22.7 Å². The highest BCUT2D eigenvalue weighted by Gasteiger charge is 2.52. The molecule has 1 aliphatic heterocycles. The second-order valence-electron chi connectivity index (χ2n) is 4.96. The summed E-state index contributed by atoms with van der Waals surface area (Å²) in [7, 11) is 1.38. The minimum Gasteiger partial charge on any atom is -0.468 e. The zero-order valence-corrected chi connectivity index (χ0v) is 11.0. The van der Waals surface area contributed by atoms with E-state index in [9.17, 15) is 4.79 Å². The number of hydrogen-bond donors (Lipinski definition) is 1. The van der Waals surface area contributed by atoms with E-state index >= 15 is 0 Å². The van der Waals surface area contributed by atoms with Crippen LogP contribution in [-0.2, 0) is 14.3 Å². The number of carbonyl (C=O) groups excluding carboxylic acids is 1. The summed E-state index contributed by atoms with van der Waals surface area (Å²) in [6.07, 6.45) is 0. The van der Waals surface area contributed by atoms with Gasteiger partial charge in [-0.3, -0.25) is 4.79 Å². The molecule has 0 amide bonds. The van der Waals surface area contributed by atoms with E-state index in [-0.39, 0.29) is 5.97 Å². The van der Waals surface area contributed by atoms with Gasteiger partial charge in [0, 0.05) is 0 Å². The van der Waals surface area contributed by atoms with Crippen molar-refractivity contribution < 1.29 is 14.3 Å². The van der Waals surface area contributed by atoms with Crippen LogP contribution in [0.4, 0.5) is 0 Å². The summed E-state index contributed by atoms with van der Waals surface area (Å²) in [6.45, 7) is 4.74. The van der Waals surface area contributed by atoms with Gasteiger partial charge in [-0.1, -0.05) is 18.2 Å². The molecule has 0 bridgehead atoms. The number of aryl methyl sites for hydroxylation is 2. The lowest BCUT2D eigenvalue weighted by Gasteiger charge is -2.43. The fraction of sp³-hybridized carbons (Fsp3) is 0.500. The predicted octanol–water partition coefficient (Wildman–Crippen LogP) is 1.49. The normalized spacial score (nSPS) is 18.9. The van der Waals surface area contributed by atoms with Crippen LogP contribution in [0, 0.1) is 19.3 Å². The molecule has 1 atom stereocenters. The quantitative estimate of drug-likeness (QED) is 0.824. The Hall–Kier alpha value is -1.39. The van der Waals surface area contributed by atoms with Crippen molar-refractivity contribution in [1.29, 1.82) is 0 Å². The summed E-state index contributed by atoms with van der Waals surface area (Å²) in [4.78, 5) is 11.9. The fourth-order valence-electron chi connectivity index (χ4n) is 2.23. The molecule has 0 radical (unpaired) electrons. The van der Waals surface area contributed by atoms with Gasteiger partial charge in [0.25, 0.3) is 0 Å². The number of nitrogens with two attached hydrogens (primary N) is 1. The molecule has 1 aromatic carbocycles. The Labute approximate surface area is 107 Å². The molecule has 2 N–H and O–H groups in total. The average molecular weight is 249 g/mol. The maximum atomic E-state index is 11.9. The van der Waals surface area contributed by atoms with E-state index in [1.165, 1.54) is 18.2 Å². The van der Waals surface area contributed by atoms with E-state index in [4.69, 9.17) is 15.2 Å². The molecule has 1 saturated heterocycles. The van der Waals surface area contributed by atoms with Crippen molar-refractivity contribution in [3.63, 3.8) is 0 Å². The Morgan fingerprint density at radius 3 is 2.50 bits per heavy atom. The van der Waals surface area contributed by atoms with Gasteiger partial charge in [0.2, 0.25) is 0 Å². The molecule has 0 aliphatic carbocycles. The molecule has 1 heterocycles. The highest BCUT2D eigenvalue weighted by molar-refractivity contribution is 5.79. The molecule has 0 saturated carbocycles. The second kappa shape index (κ2) is 4.71. The number of rotatable bonds is 3. The number of carbonyl (C=O) groups is 1. The van der Waals surface area contributed by atoms with Gasteiger partial charge in [-0.05, 0) is 30.5 Å². The molecule has 1 aliphatic rings. The van der Waals surface area contributed by atoms with Crippen molar-refractivity contribution in [1.82, 2.24) is 0 Å². The van der Waals surface area contributed by atoms with Crippen LogP contribution in [-0.4, -0.2) is 26.3 Å². The average Bonchev–Trinajstić information content (AvgIpc) is 2.30. The number of methoxy groups -OCH3 is 1. The van der Waals surface area contributed by atoms with Gasteiger partial charge < -0.3 is 15.2 Å². The van der Waals surface area contributed by atoms with Gasteiger partial charge in [0.1, 0.15) is 5.41 Å². The Balaban J connectivity index is 2.31. The van der Waals surface area contributed by atoms with E-state index in [2.05, 4.69) is 0 Å². The van der Waals surface area contributed by atoms with Crippen molar-refractivity contribution in [2.45, 2.75) is 19.9 Å². The van der Waals surface area contributed by atoms with Crippen LogP contribution in [0.15, 0.2) is 18.2 Å². The molecular weight excluding hydrogens is 230 g/mol. The smallest absolute Gasteiger partial charge is 0.318 e. The maximum Gasteiger partial charge on any atom is 0.318 e. The van der Waals surface area contributed by atoms with E-state index in [1.807, 2.05) is 32.0 Å². The molecule has 98 valence electrons. The van der Waals surface area contributed by atoms with E-state index < -0.39 is 11.5 Å². The molecule has 18 heavy (non-hydrogen) atoms. The zero-order chi connectivity index (χ0) is 13.3. The van der Waals surface area contributed by atoms with Crippen molar-refractivity contribution in [3.05, 3.63) is 34.9 Å². The van der Waals surface area contributed by atoms with Crippen molar-refractivity contribution >= 4 is 5.97 Å². The summed E-state index contributed by atoms with van der Waals surface area (Å²) in [5, 5.41) is 0. The van der Waals surface area contributed by atoms with Gasteiger partial charge in [0.15, 0.2) is 0 Å². The second-order valence-corrected chi connectivity index (χ2v) is 4.96. The third-order valence-electron chi connectivity index (χ3n) is 3.80. The summed E-state index contributed by atoms with van der Waals surface area (Å²) < 4.78 is 10.0. The molecule has 0 spiro atoms. The number of hydrogen-bond acceptors (Lipinski definition) is 4. The van der Waals surface area contributed by atoms with Gasteiger partial charge in [-0.25, -0.2) is 0 Å². The van der Waals surface area contributed by atoms with Crippen LogP contribution >= 0.6 is 0 Å². The first kappa shape index (κ1) is 13.1. The number of benzene rings is 1. The molecule has 4 nitrogen and oxygen atoms in total. The molecular formula is C14H19NO3. The Bertz CT molecular complexity index is 466. The first-order valence-electron chi connectivity index (χ1n) is 6.00. The molecule has 1 unspecified atom stereocenters. The highest BCUT2D eigenvalue weighted by atomic mass is 16.5. The summed E-state index contributed by atoms with van der Waals surface area (Å²) in [6, 6.07) is 5.63. The van der Waals surface area contributed by atoms with Crippen molar-refractivity contribution in [2.75, 3.05) is 20.3 Å². The summed E-state index contributed by atoms with van der Waals surface area (Å²) >= 11 is 0. The van der Waals surface area contributed by atoms with Crippen LogP contribution in [0.5, 0.6) is 0 Å². The first-order valence-corrected chi connectivity index (χ1v) is 6.00. The van der Waals surface area contributed by atoms with Gasteiger partial charge >= 0.3 is 5.97 Å². The molecule has 2 rings (SSSR count). The standard InChI is InChI=1S/C14H19NO3/c1-9-4-5-11(6-10(9)2)12(15)14(7-18-8-14)13(16)17-3/h4-6,12H,7-8,15H2,1-3H3. The summed E-state index contributed by atoms with van der Waals surface area (Å²) in [5.74, 6) is -0.292. The van der Waals surface area contributed by atoms with Gasteiger partial charge in [-0.2, -0.15) is 0 Å². The maximum absolute atomic E-state index is 11.9. The van der Waals surface area contributed by atoms with Gasteiger partial charge in [0.05, 0.1) is 26.4 Å². The van der Waals surface area contributed by atoms with Crippen LogP contribution in [0.3, 0.4) is 0 Å². The minimum absolute atomic E-state index is 0.292. The molecule has 0 aromatic heterocycles. The zero-order valence-electron chi connectivity index (χ0n) is 11.0. The molecule has 1 fully saturated rings. The van der Waals surface area contributed by atoms with Crippen molar-refractivity contribution in [2.24, 2.45) is 11.1 Å². The highest BCUT2D eigenvalue weighted by Crippen LogP contribution is 2.40. The summed E-state index contributed by atoms with van der Waals surface area (Å²) in [5.41, 5.74) is 8.86. The Kier molecular flexibility index (Phi) is 3.41. The van der Waals surface area contributed by atoms with E-state index in [1.54, 1.807) is 0 Å². The lowest BCUT2D eigenvalue weighted by Crippen LogP contribution is -2.56. The Morgan fingerprint density at radius 1 is 1.39 bits per heavy atom. The monoisotopic (exact) mass is 249 g/mol.